The molecule has 0 saturated carbocycles. The third-order valence-electron chi connectivity index (χ3n) is 5.73. The van der Waals surface area contributed by atoms with Crippen molar-refractivity contribution in [3.05, 3.63) is 42.5 Å². The summed E-state index contributed by atoms with van der Waals surface area (Å²) in [5.41, 5.74) is 0. The lowest BCUT2D eigenvalue weighted by atomic mass is 9.92. The summed E-state index contributed by atoms with van der Waals surface area (Å²) in [4.78, 5) is 2.71. The Morgan fingerprint density at radius 3 is 2.68 bits per heavy atom. The van der Waals surface area contributed by atoms with Crippen molar-refractivity contribution in [3.8, 4) is 0 Å². The van der Waals surface area contributed by atoms with Crippen molar-refractivity contribution in [3.63, 3.8) is 0 Å². The van der Waals surface area contributed by atoms with Gasteiger partial charge in [-0.15, -0.1) is 0 Å². The van der Waals surface area contributed by atoms with E-state index in [9.17, 15) is 13.5 Å². The molecular weight excluding hydrogens is 372 g/mol. The van der Waals surface area contributed by atoms with Crippen molar-refractivity contribution in [2.45, 2.75) is 56.6 Å². The molecule has 0 aliphatic carbocycles. The Balaban J connectivity index is 1.58. The highest BCUT2D eigenvalue weighted by Crippen LogP contribution is 2.24. The van der Waals surface area contributed by atoms with E-state index < -0.39 is 16.1 Å². The van der Waals surface area contributed by atoms with Gasteiger partial charge in [0.1, 0.15) is 0 Å². The molecule has 2 N–H and O–H groups in total. The predicted molar refractivity (Wildman–Crippen MR) is 114 cm³/mol. The average molecular weight is 405 g/mol. The minimum absolute atomic E-state index is 0.0335. The van der Waals surface area contributed by atoms with E-state index in [1.54, 1.807) is 12.1 Å². The Kier molecular flexibility index (Phi) is 7.10. The molecule has 1 aliphatic heterocycles. The van der Waals surface area contributed by atoms with Crippen LogP contribution in [0.2, 0.25) is 0 Å². The van der Waals surface area contributed by atoms with Crippen molar-refractivity contribution >= 4 is 20.8 Å². The van der Waals surface area contributed by atoms with Crippen molar-refractivity contribution in [1.29, 1.82) is 0 Å². The topological polar surface area (TPSA) is 69.6 Å². The molecule has 2 aromatic rings. The zero-order valence-electron chi connectivity index (χ0n) is 16.8. The highest BCUT2D eigenvalue weighted by molar-refractivity contribution is 7.89. The van der Waals surface area contributed by atoms with Gasteiger partial charge in [-0.2, -0.15) is 0 Å². The second kappa shape index (κ2) is 9.35. The number of aliphatic hydroxyl groups excluding tert-OH is 1. The van der Waals surface area contributed by atoms with Gasteiger partial charge in [-0.05, 0) is 43.2 Å². The first-order valence-electron chi connectivity index (χ1n) is 10.3. The number of hydrogen-bond donors (Lipinski definition) is 2. The Labute approximate surface area is 168 Å². The smallest absolute Gasteiger partial charge is 0.241 e. The first-order chi connectivity index (χ1) is 13.4. The van der Waals surface area contributed by atoms with Gasteiger partial charge in [0.05, 0.1) is 11.0 Å². The maximum Gasteiger partial charge on any atom is 0.241 e. The summed E-state index contributed by atoms with van der Waals surface area (Å²) in [5.74, 6) is 0.599. The molecule has 0 radical (unpaired) electrons. The summed E-state index contributed by atoms with van der Waals surface area (Å²) < 4.78 is 28.1. The first kappa shape index (κ1) is 21.2. The van der Waals surface area contributed by atoms with Crippen LogP contribution in [-0.2, 0) is 10.0 Å². The highest BCUT2D eigenvalue weighted by Gasteiger charge is 2.25. The van der Waals surface area contributed by atoms with Crippen molar-refractivity contribution < 1.29 is 13.5 Å². The van der Waals surface area contributed by atoms with E-state index >= 15 is 0 Å². The van der Waals surface area contributed by atoms with Gasteiger partial charge in [-0.1, -0.05) is 56.7 Å². The fourth-order valence-corrected chi connectivity index (χ4v) is 5.48. The molecule has 3 rings (SSSR count). The third kappa shape index (κ3) is 5.11. The Morgan fingerprint density at radius 2 is 1.89 bits per heavy atom. The quantitative estimate of drug-likeness (QED) is 0.708. The average Bonchev–Trinajstić information content (AvgIpc) is 2.70. The second-order valence-electron chi connectivity index (χ2n) is 8.11. The van der Waals surface area contributed by atoms with E-state index in [2.05, 4.69) is 23.5 Å². The molecule has 5 nitrogen and oxygen atoms in total. The minimum atomic E-state index is -3.67. The molecule has 1 unspecified atom stereocenters. The summed E-state index contributed by atoms with van der Waals surface area (Å²) in [7, 11) is -3.67. The van der Waals surface area contributed by atoms with Gasteiger partial charge in [0, 0.05) is 24.5 Å². The highest BCUT2D eigenvalue weighted by atomic mass is 32.2. The number of piperidine rings is 1. The lowest BCUT2D eigenvalue weighted by Gasteiger charge is -2.38. The van der Waals surface area contributed by atoms with Gasteiger partial charge < -0.3 is 10.0 Å². The number of rotatable bonds is 8. The number of likely N-dealkylation sites (tertiary alicyclic amines) is 1. The summed E-state index contributed by atoms with van der Waals surface area (Å²) in [6, 6.07) is 13.2. The van der Waals surface area contributed by atoms with Crippen molar-refractivity contribution in [2.75, 3.05) is 19.6 Å². The van der Waals surface area contributed by atoms with E-state index in [1.807, 2.05) is 30.3 Å². The Hall–Kier alpha value is -1.47. The summed E-state index contributed by atoms with van der Waals surface area (Å²) in [5, 5.41) is 12.0. The lowest BCUT2D eigenvalue weighted by molar-refractivity contribution is 0.0837. The molecule has 2 aromatic carbocycles. The number of sulfonamides is 1. The standard InChI is InChI=1S/C22H32N2O3S/c1-17(2)21-11-5-6-14-24(21)15-13-19(25)16-23-28(26,27)22-12-7-9-18-8-3-4-10-20(18)22/h3-4,7-10,12,17,19,21,23,25H,5-6,11,13-16H2,1-2H3/t19-,21?/m1/s1. The van der Waals surface area contributed by atoms with Crippen LogP contribution in [-0.4, -0.2) is 50.2 Å². The minimum Gasteiger partial charge on any atom is -0.392 e. The van der Waals surface area contributed by atoms with Gasteiger partial charge in [0.15, 0.2) is 0 Å². The van der Waals surface area contributed by atoms with E-state index in [0.717, 1.165) is 18.5 Å². The van der Waals surface area contributed by atoms with Gasteiger partial charge in [0.25, 0.3) is 0 Å². The normalized spacial score (nSPS) is 19.9. The van der Waals surface area contributed by atoms with E-state index in [4.69, 9.17) is 0 Å². The van der Waals surface area contributed by atoms with Crippen LogP contribution in [0, 0.1) is 5.92 Å². The van der Waals surface area contributed by atoms with Crippen LogP contribution in [0.4, 0.5) is 0 Å². The van der Waals surface area contributed by atoms with E-state index in [-0.39, 0.29) is 11.4 Å². The molecule has 154 valence electrons. The van der Waals surface area contributed by atoms with Crippen LogP contribution in [0.3, 0.4) is 0 Å². The van der Waals surface area contributed by atoms with Crippen LogP contribution in [0.25, 0.3) is 10.8 Å². The number of nitrogens with zero attached hydrogens (tertiary/aromatic N) is 1. The molecule has 1 aliphatic rings. The fourth-order valence-electron chi connectivity index (χ4n) is 4.18. The summed E-state index contributed by atoms with van der Waals surface area (Å²) >= 11 is 0. The maximum atomic E-state index is 12.8. The van der Waals surface area contributed by atoms with E-state index in [0.29, 0.717) is 23.8 Å². The maximum absolute atomic E-state index is 12.8. The Bertz CT molecular complexity index is 877. The molecule has 0 bridgehead atoms. The monoisotopic (exact) mass is 404 g/mol. The number of hydrogen-bond acceptors (Lipinski definition) is 4. The van der Waals surface area contributed by atoms with Crippen LogP contribution < -0.4 is 4.72 Å². The number of aliphatic hydroxyl groups is 1. The molecule has 1 fully saturated rings. The zero-order valence-corrected chi connectivity index (χ0v) is 17.7. The van der Waals surface area contributed by atoms with Crippen LogP contribution >= 0.6 is 0 Å². The van der Waals surface area contributed by atoms with Crippen molar-refractivity contribution in [1.82, 2.24) is 9.62 Å². The SMILES string of the molecule is CC(C)C1CCCCN1CC[C@@H](O)CNS(=O)(=O)c1cccc2ccccc12. The number of nitrogens with one attached hydrogen (secondary N) is 1. The largest absolute Gasteiger partial charge is 0.392 e. The third-order valence-corrected chi connectivity index (χ3v) is 7.21. The second-order valence-corrected chi connectivity index (χ2v) is 9.85. The summed E-state index contributed by atoms with van der Waals surface area (Å²) in [6.07, 6.45) is 3.56. The number of fused-ring (bicyclic) bond motifs is 1. The first-order valence-corrected chi connectivity index (χ1v) is 11.8. The molecule has 1 heterocycles. The van der Waals surface area contributed by atoms with Gasteiger partial charge >= 0.3 is 0 Å². The molecule has 0 spiro atoms. The van der Waals surface area contributed by atoms with Crippen LogP contribution in [0.1, 0.15) is 39.5 Å². The molecule has 6 heteroatoms. The molecule has 0 amide bonds. The van der Waals surface area contributed by atoms with Crippen LogP contribution in [0.15, 0.2) is 47.4 Å². The van der Waals surface area contributed by atoms with Gasteiger partial charge in [-0.25, -0.2) is 13.1 Å². The van der Waals surface area contributed by atoms with E-state index in [1.165, 1.54) is 19.3 Å². The number of benzene rings is 2. The van der Waals surface area contributed by atoms with Crippen molar-refractivity contribution in [2.24, 2.45) is 5.92 Å². The lowest BCUT2D eigenvalue weighted by Crippen LogP contribution is -2.44. The zero-order chi connectivity index (χ0) is 20.1. The van der Waals surface area contributed by atoms with Gasteiger partial charge in [0.2, 0.25) is 10.0 Å². The Morgan fingerprint density at radius 1 is 1.14 bits per heavy atom. The molecule has 0 aromatic heterocycles. The molecule has 28 heavy (non-hydrogen) atoms. The predicted octanol–water partition coefficient (Wildman–Crippen LogP) is 3.38. The van der Waals surface area contributed by atoms with Crippen LogP contribution in [0.5, 0.6) is 0 Å². The fraction of sp³-hybridized carbons (Fsp3) is 0.545. The summed E-state index contributed by atoms with van der Waals surface area (Å²) in [6.45, 7) is 6.40. The molecule has 2 atom stereocenters. The molecule has 1 saturated heterocycles. The molecular formula is C22H32N2O3S. The van der Waals surface area contributed by atoms with Gasteiger partial charge in [-0.3, -0.25) is 0 Å².